The van der Waals surface area contributed by atoms with E-state index >= 15 is 0 Å². The number of imidazole rings is 1. The third kappa shape index (κ3) is 3.45. The summed E-state index contributed by atoms with van der Waals surface area (Å²) in [6.45, 7) is 8.01. The third-order valence-electron chi connectivity index (χ3n) is 2.67. The predicted octanol–water partition coefficient (Wildman–Crippen LogP) is 2.45. The molecule has 0 aliphatic carbocycles. The van der Waals surface area contributed by atoms with Gasteiger partial charge in [-0.3, -0.25) is 0 Å². The van der Waals surface area contributed by atoms with Gasteiger partial charge in [-0.25, -0.2) is 9.50 Å². The Morgan fingerprint density at radius 3 is 2.74 bits per heavy atom. The number of fused-ring (bicyclic) bond motifs is 1. The average Bonchev–Trinajstić information content (AvgIpc) is 2.64. The Labute approximate surface area is 121 Å². The largest absolute Gasteiger partial charge is 0.368 e. The molecule has 0 fully saturated rings. The van der Waals surface area contributed by atoms with Gasteiger partial charge in [-0.1, -0.05) is 20.8 Å². The molecule has 0 spiro atoms. The van der Waals surface area contributed by atoms with Gasteiger partial charge in [0.15, 0.2) is 5.65 Å². The van der Waals surface area contributed by atoms with E-state index in [9.17, 15) is 0 Å². The third-order valence-corrected chi connectivity index (χ3v) is 3.46. The maximum Gasteiger partial charge on any atom is 0.155 e. The maximum absolute atomic E-state index is 5.57. The van der Waals surface area contributed by atoms with Gasteiger partial charge in [0.2, 0.25) is 0 Å². The number of aromatic nitrogens is 3. The van der Waals surface area contributed by atoms with Gasteiger partial charge in [-0.15, -0.1) is 5.10 Å². The van der Waals surface area contributed by atoms with E-state index < -0.39 is 0 Å². The first-order valence-corrected chi connectivity index (χ1v) is 7.18. The second kappa shape index (κ2) is 5.46. The zero-order chi connectivity index (χ0) is 14.0. The van der Waals surface area contributed by atoms with Crippen LogP contribution >= 0.6 is 15.9 Å². The molecule has 2 rings (SSSR count). The molecule has 0 bridgehead atoms. The Balaban J connectivity index is 2.27. The highest BCUT2D eigenvalue weighted by Crippen LogP contribution is 2.20. The first-order chi connectivity index (χ1) is 8.90. The number of hydrogen-bond donors (Lipinski definition) is 2. The number of hydrogen-bond acceptors (Lipinski definition) is 4. The minimum Gasteiger partial charge on any atom is -0.368 e. The number of anilines is 1. The molecule has 0 amide bonds. The Hall–Kier alpha value is -1.14. The molecule has 104 valence electrons. The summed E-state index contributed by atoms with van der Waals surface area (Å²) in [5.41, 5.74) is 7.57. The summed E-state index contributed by atoms with van der Waals surface area (Å²) in [4.78, 5) is 4.50. The van der Waals surface area contributed by atoms with Crippen LogP contribution in [0.2, 0.25) is 0 Å². The Kier molecular flexibility index (Phi) is 4.10. The molecule has 0 saturated carbocycles. The van der Waals surface area contributed by atoms with E-state index in [0.717, 1.165) is 34.7 Å². The van der Waals surface area contributed by atoms with Gasteiger partial charge in [-0.2, -0.15) is 0 Å². The molecule has 2 aromatic heterocycles. The van der Waals surface area contributed by atoms with E-state index in [4.69, 9.17) is 5.73 Å². The van der Waals surface area contributed by atoms with Crippen LogP contribution in [0.5, 0.6) is 0 Å². The lowest BCUT2D eigenvalue weighted by atomic mass is 9.97. The Bertz CT molecular complexity index is 570. The quantitative estimate of drug-likeness (QED) is 0.906. The lowest BCUT2D eigenvalue weighted by Gasteiger charge is -2.18. The summed E-state index contributed by atoms with van der Waals surface area (Å²) in [5, 5.41) is 7.88. The second-order valence-corrected chi connectivity index (χ2v) is 6.54. The number of halogens is 1. The Morgan fingerprint density at radius 1 is 1.37 bits per heavy atom. The Morgan fingerprint density at radius 2 is 2.11 bits per heavy atom. The number of nitrogens with two attached hydrogens (primary N) is 1. The van der Waals surface area contributed by atoms with Crippen LogP contribution in [0.15, 0.2) is 16.7 Å². The monoisotopic (exact) mass is 325 g/mol. The highest BCUT2D eigenvalue weighted by Gasteiger charge is 2.12. The van der Waals surface area contributed by atoms with Gasteiger partial charge in [0.25, 0.3) is 0 Å². The molecule has 2 heterocycles. The molecule has 0 aliphatic heterocycles. The fourth-order valence-electron chi connectivity index (χ4n) is 1.70. The van der Waals surface area contributed by atoms with Crippen molar-refractivity contribution >= 4 is 27.4 Å². The van der Waals surface area contributed by atoms with Crippen molar-refractivity contribution in [3.05, 3.63) is 22.4 Å². The summed E-state index contributed by atoms with van der Waals surface area (Å²) in [5.74, 6) is 0.847. The summed E-state index contributed by atoms with van der Waals surface area (Å²) < 4.78 is 2.68. The minimum absolute atomic E-state index is 0.216. The minimum atomic E-state index is 0.216. The van der Waals surface area contributed by atoms with Crippen molar-refractivity contribution in [3.63, 3.8) is 0 Å². The van der Waals surface area contributed by atoms with Crippen molar-refractivity contribution in [2.45, 2.75) is 27.2 Å². The van der Waals surface area contributed by atoms with E-state index in [1.165, 1.54) is 0 Å². The van der Waals surface area contributed by atoms with Crippen molar-refractivity contribution in [1.82, 2.24) is 14.6 Å². The molecule has 6 heteroatoms. The van der Waals surface area contributed by atoms with E-state index in [2.05, 4.69) is 52.1 Å². The van der Waals surface area contributed by atoms with Crippen LogP contribution in [-0.2, 0) is 6.42 Å². The molecule has 0 unspecified atom stereocenters. The molecule has 5 nitrogen and oxygen atoms in total. The fourth-order valence-corrected chi connectivity index (χ4v) is 2.25. The molecule has 0 atom stereocenters. The normalized spacial score (nSPS) is 12.1. The average molecular weight is 326 g/mol. The van der Waals surface area contributed by atoms with Crippen LogP contribution in [-0.4, -0.2) is 27.7 Å². The SMILES string of the molecule is CC(C)(C)CNc1ccc2nc(CCN)c(Br)n2n1. The number of nitrogens with zero attached hydrogens (tertiary/aromatic N) is 3. The lowest BCUT2D eigenvalue weighted by molar-refractivity contribution is 0.442. The van der Waals surface area contributed by atoms with Crippen LogP contribution in [0, 0.1) is 5.41 Å². The highest BCUT2D eigenvalue weighted by atomic mass is 79.9. The van der Waals surface area contributed by atoms with Gasteiger partial charge in [0.1, 0.15) is 10.4 Å². The standard InChI is InChI=1S/C13H20BrN5/c1-13(2,3)8-16-10-4-5-11-17-9(6-7-15)12(14)19(11)18-10/h4-5H,6-8,15H2,1-3H3,(H,16,18). The molecule has 0 radical (unpaired) electrons. The second-order valence-electron chi connectivity index (χ2n) is 5.79. The van der Waals surface area contributed by atoms with Crippen LogP contribution in [0.25, 0.3) is 5.65 Å². The fraction of sp³-hybridized carbons (Fsp3) is 0.538. The van der Waals surface area contributed by atoms with Gasteiger partial charge in [0.05, 0.1) is 5.69 Å². The van der Waals surface area contributed by atoms with Crippen LogP contribution in [0.4, 0.5) is 5.82 Å². The summed E-state index contributed by atoms with van der Waals surface area (Å²) >= 11 is 3.53. The van der Waals surface area contributed by atoms with Crippen molar-refractivity contribution < 1.29 is 0 Å². The molecule has 0 saturated heterocycles. The smallest absolute Gasteiger partial charge is 0.155 e. The van der Waals surface area contributed by atoms with Crippen molar-refractivity contribution in [1.29, 1.82) is 0 Å². The molecular weight excluding hydrogens is 306 g/mol. The zero-order valence-electron chi connectivity index (χ0n) is 11.6. The van der Waals surface area contributed by atoms with E-state index in [0.29, 0.717) is 6.54 Å². The topological polar surface area (TPSA) is 68.2 Å². The molecule has 2 aromatic rings. The van der Waals surface area contributed by atoms with Gasteiger partial charge < -0.3 is 11.1 Å². The van der Waals surface area contributed by atoms with E-state index in [1.807, 2.05) is 12.1 Å². The van der Waals surface area contributed by atoms with E-state index in [1.54, 1.807) is 4.52 Å². The zero-order valence-corrected chi connectivity index (χ0v) is 13.2. The lowest BCUT2D eigenvalue weighted by Crippen LogP contribution is -2.20. The van der Waals surface area contributed by atoms with Gasteiger partial charge in [-0.05, 0) is 40.0 Å². The molecule has 0 aliphatic rings. The van der Waals surface area contributed by atoms with Crippen LogP contribution in [0.1, 0.15) is 26.5 Å². The van der Waals surface area contributed by atoms with Gasteiger partial charge >= 0.3 is 0 Å². The summed E-state index contributed by atoms with van der Waals surface area (Å²) in [7, 11) is 0. The predicted molar refractivity (Wildman–Crippen MR) is 81.4 cm³/mol. The van der Waals surface area contributed by atoms with Crippen molar-refractivity contribution in [2.75, 3.05) is 18.4 Å². The van der Waals surface area contributed by atoms with Crippen molar-refractivity contribution in [3.8, 4) is 0 Å². The molecule has 3 N–H and O–H groups in total. The van der Waals surface area contributed by atoms with Crippen LogP contribution in [0.3, 0.4) is 0 Å². The maximum atomic E-state index is 5.57. The summed E-state index contributed by atoms with van der Waals surface area (Å²) in [6, 6.07) is 3.91. The first-order valence-electron chi connectivity index (χ1n) is 6.39. The molecule has 19 heavy (non-hydrogen) atoms. The van der Waals surface area contributed by atoms with E-state index in [-0.39, 0.29) is 5.41 Å². The van der Waals surface area contributed by atoms with Gasteiger partial charge in [0, 0.05) is 13.0 Å². The first kappa shape index (κ1) is 14.3. The number of rotatable bonds is 4. The van der Waals surface area contributed by atoms with Crippen LogP contribution < -0.4 is 11.1 Å². The number of nitrogens with one attached hydrogen (secondary N) is 1. The van der Waals surface area contributed by atoms with Crippen molar-refractivity contribution in [2.24, 2.45) is 11.1 Å². The highest BCUT2D eigenvalue weighted by molar-refractivity contribution is 9.10. The summed E-state index contributed by atoms with van der Waals surface area (Å²) in [6.07, 6.45) is 0.745. The molecule has 0 aromatic carbocycles. The molecular formula is C13H20BrN5.